The molecular weight excluding hydrogens is 315 g/mol. The maximum atomic E-state index is 13.1. The molecular formula is C17H21FN2O4. The van der Waals surface area contributed by atoms with E-state index in [0.717, 1.165) is 0 Å². The van der Waals surface area contributed by atoms with Crippen LogP contribution in [0.15, 0.2) is 47.1 Å². The molecule has 2 unspecified atom stereocenters. The maximum absolute atomic E-state index is 13.1. The van der Waals surface area contributed by atoms with Crippen LogP contribution in [0.25, 0.3) is 0 Å². The van der Waals surface area contributed by atoms with E-state index in [9.17, 15) is 14.3 Å². The topological polar surface area (TPSA) is 83.7 Å². The molecule has 0 fully saturated rings. The number of nitrogens with one attached hydrogen (secondary N) is 2. The summed E-state index contributed by atoms with van der Waals surface area (Å²) in [5.41, 5.74) is 0. The van der Waals surface area contributed by atoms with Crippen LogP contribution in [0.1, 0.15) is 25.2 Å². The Labute approximate surface area is 139 Å². The van der Waals surface area contributed by atoms with Gasteiger partial charge in [0.1, 0.15) is 29.5 Å². The lowest BCUT2D eigenvalue weighted by Crippen LogP contribution is -2.42. The molecule has 130 valence electrons. The summed E-state index contributed by atoms with van der Waals surface area (Å²) in [6.45, 7) is 2.20. The summed E-state index contributed by atoms with van der Waals surface area (Å²) in [4.78, 5) is 11.8. The Hall–Kier alpha value is -2.54. The van der Waals surface area contributed by atoms with Crippen LogP contribution < -0.4 is 15.4 Å². The molecule has 0 aliphatic heterocycles. The molecule has 0 aliphatic carbocycles. The zero-order valence-electron chi connectivity index (χ0n) is 13.4. The van der Waals surface area contributed by atoms with Crippen molar-refractivity contribution in [2.75, 3.05) is 13.1 Å². The lowest BCUT2D eigenvalue weighted by Gasteiger charge is -2.18. The Balaban J connectivity index is 1.73. The zero-order valence-corrected chi connectivity index (χ0v) is 13.4. The molecule has 0 spiro atoms. The van der Waals surface area contributed by atoms with Crippen molar-refractivity contribution in [3.05, 3.63) is 54.2 Å². The standard InChI is InChI=1S/C17H21FN2O4/c1-2-13(24-14-6-3-5-12(18)9-14)10-19-17(22)20-11-15(21)16-7-4-8-23-16/h3-9,13,15,21H,2,10-11H2,1H3,(H2,19,20,22). The van der Waals surface area contributed by atoms with Gasteiger partial charge in [-0.2, -0.15) is 0 Å². The lowest BCUT2D eigenvalue weighted by molar-refractivity contribution is 0.146. The van der Waals surface area contributed by atoms with Gasteiger partial charge >= 0.3 is 6.03 Å². The van der Waals surface area contributed by atoms with E-state index in [4.69, 9.17) is 9.15 Å². The highest BCUT2D eigenvalue weighted by Gasteiger charge is 2.13. The summed E-state index contributed by atoms with van der Waals surface area (Å²) in [5.74, 6) is 0.424. The van der Waals surface area contributed by atoms with Crippen molar-refractivity contribution in [1.29, 1.82) is 0 Å². The van der Waals surface area contributed by atoms with Gasteiger partial charge in [-0.15, -0.1) is 0 Å². The third-order valence-electron chi connectivity index (χ3n) is 3.37. The Kier molecular flexibility index (Phi) is 6.62. The second-order valence-electron chi connectivity index (χ2n) is 5.23. The minimum Gasteiger partial charge on any atom is -0.489 e. The van der Waals surface area contributed by atoms with Crippen LogP contribution in [-0.4, -0.2) is 30.3 Å². The monoisotopic (exact) mass is 336 g/mol. The first kappa shape index (κ1) is 17.8. The van der Waals surface area contributed by atoms with E-state index < -0.39 is 12.1 Å². The van der Waals surface area contributed by atoms with E-state index in [1.54, 1.807) is 24.3 Å². The molecule has 2 atom stereocenters. The minimum atomic E-state index is -0.906. The predicted molar refractivity (Wildman–Crippen MR) is 86.2 cm³/mol. The van der Waals surface area contributed by atoms with Crippen LogP contribution in [0.3, 0.4) is 0 Å². The molecule has 3 N–H and O–H groups in total. The molecule has 2 rings (SSSR count). The number of hydrogen-bond donors (Lipinski definition) is 3. The summed E-state index contributed by atoms with van der Waals surface area (Å²) < 4.78 is 23.8. The smallest absolute Gasteiger partial charge is 0.315 e. The van der Waals surface area contributed by atoms with Crippen LogP contribution in [0.5, 0.6) is 5.75 Å². The van der Waals surface area contributed by atoms with Gasteiger partial charge in [0.2, 0.25) is 0 Å². The van der Waals surface area contributed by atoms with Gasteiger partial charge in [-0.3, -0.25) is 0 Å². The number of carbonyl (C=O) groups excluding carboxylic acids is 1. The maximum Gasteiger partial charge on any atom is 0.315 e. The minimum absolute atomic E-state index is 0.0287. The van der Waals surface area contributed by atoms with Gasteiger partial charge in [0.15, 0.2) is 0 Å². The first-order chi connectivity index (χ1) is 11.6. The number of benzene rings is 1. The average molecular weight is 336 g/mol. The van der Waals surface area contributed by atoms with Crippen LogP contribution in [0, 0.1) is 5.82 Å². The van der Waals surface area contributed by atoms with Crippen LogP contribution in [-0.2, 0) is 0 Å². The highest BCUT2D eigenvalue weighted by Crippen LogP contribution is 2.15. The van der Waals surface area contributed by atoms with E-state index in [2.05, 4.69) is 10.6 Å². The molecule has 0 saturated carbocycles. The van der Waals surface area contributed by atoms with Crippen molar-refractivity contribution in [2.45, 2.75) is 25.6 Å². The summed E-state index contributed by atoms with van der Waals surface area (Å²) in [5, 5.41) is 15.0. The predicted octanol–water partition coefficient (Wildman–Crippen LogP) is 2.61. The van der Waals surface area contributed by atoms with Crippen LogP contribution >= 0.6 is 0 Å². The Bertz CT molecular complexity index is 633. The summed E-state index contributed by atoms with van der Waals surface area (Å²) >= 11 is 0. The normalized spacial score (nSPS) is 13.1. The molecule has 0 saturated heterocycles. The Morgan fingerprint density at radius 2 is 2.08 bits per heavy atom. The van der Waals surface area contributed by atoms with Crippen LogP contribution in [0.4, 0.5) is 9.18 Å². The second-order valence-corrected chi connectivity index (χ2v) is 5.23. The molecule has 7 heteroatoms. The fourth-order valence-corrected chi connectivity index (χ4v) is 2.04. The quantitative estimate of drug-likeness (QED) is 0.692. The number of aliphatic hydroxyl groups is 1. The van der Waals surface area contributed by atoms with Crippen molar-refractivity contribution in [1.82, 2.24) is 10.6 Å². The number of ether oxygens (including phenoxy) is 1. The van der Waals surface area contributed by atoms with Gasteiger partial charge in [-0.1, -0.05) is 13.0 Å². The number of carbonyl (C=O) groups is 1. The van der Waals surface area contributed by atoms with E-state index in [-0.39, 0.29) is 25.0 Å². The van der Waals surface area contributed by atoms with E-state index in [1.165, 1.54) is 18.4 Å². The SMILES string of the molecule is CCC(CNC(=O)NCC(O)c1ccco1)Oc1cccc(F)c1. The number of furan rings is 1. The van der Waals surface area contributed by atoms with Gasteiger partial charge in [0, 0.05) is 6.07 Å². The molecule has 1 heterocycles. The van der Waals surface area contributed by atoms with Crippen molar-refractivity contribution >= 4 is 6.03 Å². The Morgan fingerprint density at radius 3 is 2.75 bits per heavy atom. The number of aliphatic hydroxyl groups excluding tert-OH is 1. The molecule has 2 aromatic rings. The number of rotatable bonds is 8. The molecule has 0 radical (unpaired) electrons. The largest absolute Gasteiger partial charge is 0.489 e. The van der Waals surface area contributed by atoms with Crippen LogP contribution in [0.2, 0.25) is 0 Å². The molecule has 0 aliphatic rings. The fraction of sp³-hybridized carbons (Fsp3) is 0.353. The number of amides is 2. The van der Waals surface area contributed by atoms with Gasteiger partial charge in [0.25, 0.3) is 0 Å². The van der Waals surface area contributed by atoms with Crippen molar-refractivity contribution in [3.8, 4) is 5.75 Å². The number of halogens is 1. The molecule has 6 nitrogen and oxygen atoms in total. The van der Waals surface area contributed by atoms with Crippen molar-refractivity contribution in [2.24, 2.45) is 0 Å². The molecule has 24 heavy (non-hydrogen) atoms. The molecule has 1 aromatic heterocycles. The third kappa shape index (κ3) is 5.58. The first-order valence-electron chi connectivity index (χ1n) is 7.74. The average Bonchev–Trinajstić information content (AvgIpc) is 3.11. The molecule has 0 bridgehead atoms. The van der Waals surface area contributed by atoms with E-state index in [1.807, 2.05) is 6.92 Å². The first-order valence-corrected chi connectivity index (χ1v) is 7.74. The Morgan fingerprint density at radius 1 is 1.29 bits per heavy atom. The van der Waals surface area contributed by atoms with Gasteiger partial charge in [0.05, 0.1) is 19.4 Å². The van der Waals surface area contributed by atoms with E-state index >= 15 is 0 Å². The van der Waals surface area contributed by atoms with Gasteiger partial charge < -0.3 is 24.9 Å². The van der Waals surface area contributed by atoms with Crippen molar-refractivity contribution < 1.29 is 23.4 Å². The van der Waals surface area contributed by atoms with Crippen molar-refractivity contribution in [3.63, 3.8) is 0 Å². The van der Waals surface area contributed by atoms with Gasteiger partial charge in [-0.05, 0) is 30.7 Å². The number of urea groups is 1. The zero-order chi connectivity index (χ0) is 17.4. The van der Waals surface area contributed by atoms with Gasteiger partial charge in [-0.25, -0.2) is 9.18 Å². The molecule has 2 amide bonds. The molecule has 1 aromatic carbocycles. The highest BCUT2D eigenvalue weighted by molar-refractivity contribution is 5.73. The van der Waals surface area contributed by atoms with E-state index in [0.29, 0.717) is 17.9 Å². The fourth-order valence-electron chi connectivity index (χ4n) is 2.04. The lowest BCUT2D eigenvalue weighted by atomic mass is 10.2. The number of hydrogen-bond acceptors (Lipinski definition) is 4. The third-order valence-corrected chi connectivity index (χ3v) is 3.37. The second kappa shape index (κ2) is 8.93. The summed E-state index contributed by atoms with van der Waals surface area (Å²) in [6.07, 6.45) is 0.906. The summed E-state index contributed by atoms with van der Waals surface area (Å²) in [6, 6.07) is 8.71. The summed E-state index contributed by atoms with van der Waals surface area (Å²) in [7, 11) is 0. The highest BCUT2D eigenvalue weighted by atomic mass is 19.1.